The summed E-state index contributed by atoms with van der Waals surface area (Å²) in [5.41, 5.74) is 6.46. The minimum atomic E-state index is -3.85. The van der Waals surface area contributed by atoms with Gasteiger partial charge in [-0.3, -0.25) is 4.72 Å². The zero-order chi connectivity index (χ0) is 15.6. The van der Waals surface area contributed by atoms with Crippen LogP contribution in [-0.2, 0) is 16.6 Å². The third-order valence-electron chi connectivity index (χ3n) is 2.70. The summed E-state index contributed by atoms with van der Waals surface area (Å²) >= 11 is 15.2. The summed E-state index contributed by atoms with van der Waals surface area (Å²) in [5, 5.41) is 0.395. The van der Waals surface area contributed by atoms with E-state index < -0.39 is 10.0 Å². The molecule has 21 heavy (non-hydrogen) atoms. The number of rotatable bonds is 4. The number of anilines is 1. The average molecular weight is 410 g/mol. The van der Waals surface area contributed by atoms with E-state index in [1.807, 2.05) is 0 Å². The Morgan fingerprint density at radius 2 is 1.81 bits per heavy atom. The van der Waals surface area contributed by atoms with E-state index in [0.717, 1.165) is 4.47 Å². The molecule has 0 amide bonds. The highest BCUT2D eigenvalue weighted by atomic mass is 79.9. The Balaban J connectivity index is 2.43. The summed E-state index contributed by atoms with van der Waals surface area (Å²) in [6, 6.07) is 9.45. The topological polar surface area (TPSA) is 72.2 Å². The maximum Gasteiger partial charge on any atom is 0.263 e. The Morgan fingerprint density at radius 1 is 1.10 bits per heavy atom. The van der Waals surface area contributed by atoms with Crippen molar-refractivity contribution in [2.75, 3.05) is 4.72 Å². The summed E-state index contributed by atoms with van der Waals surface area (Å²) in [6.07, 6.45) is 0. The molecule has 0 radical (unpaired) electrons. The number of benzene rings is 2. The van der Waals surface area contributed by atoms with Crippen molar-refractivity contribution >= 4 is 54.8 Å². The first kappa shape index (κ1) is 16.6. The molecular formula is C13H11BrCl2N2O2S. The zero-order valence-electron chi connectivity index (χ0n) is 10.6. The van der Waals surface area contributed by atoms with Crippen molar-refractivity contribution in [1.82, 2.24) is 0 Å². The van der Waals surface area contributed by atoms with Crippen LogP contribution in [0.1, 0.15) is 5.56 Å². The van der Waals surface area contributed by atoms with Gasteiger partial charge >= 0.3 is 0 Å². The lowest BCUT2D eigenvalue weighted by Gasteiger charge is -2.12. The quantitative estimate of drug-likeness (QED) is 0.800. The van der Waals surface area contributed by atoms with Gasteiger partial charge < -0.3 is 5.73 Å². The smallest absolute Gasteiger partial charge is 0.263 e. The first-order valence-electron chi connectivity index (χ1n) is 5.80. The minimum Gasteiger partial charge on any atom is -0.326 e. The molecule has 112 valence electrons. The second-order valence-electron chi connectivity index (χ2n) is 4.20. The molecule has 0 spiro atoms. The van der Waals surface area contributed by atoms with Crippen molar-refractivity contribution in [3.8, 4) is 0 Å². The number of sulfonamides is 1. The molecular weight excluding hydrogens is 399 g/mol. The predicted molar refractivity (Wildman–Crippen MR) is 89.3 cm³/mol. The third kappa shape index (κ3) is 3.90. The van der Waals surface area contributed by atoms with Crippen molar-refractivity contribution in [2.24, 2.45) is 5.73 Å². The lowest BCUT2D eigenvalue weighted by atomic mass is 10.2. The Labute approximate surface area is 141 Å². The van der Waals surface area contributed by atoms with Gasteiger partial charge in [0.1, 0.15) is 4.90 Å². The third-order valence-corrected chi connectivity index (χ3v) is 5.35. The van der Waals surface area contributed by atoms with Crippen molar-refractivity contribution in [3.05, 3.63) is 56.5 Å². The highest BCUT2D eigenvalue weighted by molar-refractivity contribution is 9.10. The molecule has 4 nitrogen and oxygen atoms in total. The van der Waals surface area contributed by atoms with Crippen LogP contribution in [0, 0.1) is 0 Å². The largest absolute Gasteiger partial charge is 0.326 e. The van der Waals surface area contributed by atoms with E-state index in [0.29, 0.717) is 5.56 Å². The van der Waals surface area contributed by atoms with Crippen molar-refractivity contribution in [1.29, 1.82) is 0 Å². The SMILES string of the molecule is NCc1ccc(Cl)c(S(=O)(=O)Nc2ccc(Br)cc2Cl)c1. The molecule has 0 bridgehead atoms. The highest BCUT2D eigenvalue weighted by Crippen LogP contribution is 2.30. The lowest BCUT2D eigenvalue weighted by molar-refractivity contribution is 0.601. The fourth-order valence-electron chi connectivity index (χ4n) is 1.65. The van der Waals surface area contributed by atoms with Crippen LogP contribution in [0.5, 0.6) is 0 Å². The molecule has 0 fully saturated rings. The van der Waals surface area contributed by atoms with Gasteiger partial charge in [0, 0.05) is 11.0 Å². The molecule has 0 saturated heterocycles. The normalized spacial score (nSPS) is 11.4. The van der Waals surface area contributed by atoms with Crippen LogP contribution in [0.4, 0.5) is 5.69 Å². The second-order valence-corrected chi connectivity index (χ2v) is 7.58. The van der Waals surface area contributed by atoms with Gasteiger partial charge in [0.2, 0.25) is 0 Å². The number of hydrogen-bond acceptors (Lipinski definition) is 3. The Morgan fingerprint density at radius 3 is 2.43 bits per heavy atom. The van der Waals surface area contributed by atoms with Gasteiger partial charge in [-0.15, -0.1) is 0 Å². The fraction of sp³-hybridized carbons (Fsp3) is 0.0769. The summed E-state index contributed by atoms with van der Waals surface area (Å²) in [5.74, 6) is 0. The number of nitrogens with two attached hydrogens (primary N) is 1. The van der Waals surface area contributed by atoms with Crippen molar-refractivity contribution in [2.45, 2.75) is 11.4 Å². The van der Waals surface area contributed by atoms with E-state index in [9.17, 15) is 8.42 Å². The minimum absolute atomic E-state index is 0.0360. The summed E-state index contributed by atoms with van der Waals surface area (Å²) in [6.45, 7) is 0.221. The molecule has 2 aromatic rings. The van der Waals surface area contributed by atoms with Gasteiger partial charge in [0.15, 0.2) is 0 Å². The molecule has 0 aliphatic rings. The van der Waals surface area contributed by atoms with E-state index in [2.05, 4.69) is 20.7 Å². The Kier molecular flexibility index (Phi) is 5.16. The maximum absolute atomic E-state index is 12.4. The van der Waals surface area contributed by atoms with Crippen LogP contribution in [0.15, 0.2) is 45.8 Å². The number of nitrogens with one attached hydrogen (secondary N) is 1. The summed E-state index contributed by atoms with van der Waals surface area (Å²) < 4.78 is 28.0. The van der Waals surface area contributed by atoms with Crippen LogP contribution >= 0.6 is 39.1 Å². The second kappa shape index (κ2) is 6.54. The molecule has 2 aromatic carbocycles. The van der Waals surface area contributed by atoms with Crippen LogP contribution in [0.25, 0.3) is 0 Å². The molecule has 0 unspecified atom stereocenters. The van der Waals surface area contributed by atoms with Gasteiger partial charge in [-0.2, -0.15) is 0 Å². The van der Waals surface area contributed by atoms with Crippen molar-refractivity contribution < 1.29 is 8.42 Å². The van der Waals surface area contributed by atoms with Gasteiger partial charge in [-0.05, 0) is 35.9 Å². The Hall–Kier alpha value is -0.790. The van der Waals surface area contributed by atoms with Gasteiger partial charge in [-0.1, -0.05) is 45.2 Å². The van der Waals surface area contributed by atoms with E-state index in [4.69, 9.17) is 28.9 Å². The van der Waals surface area contributed by atoms with Crippen LogP contribution in [-0.4, -0.2) is 8.42 Å². The standard InChI is InChI=1S/C13H11BrCl2N2O2S/c14-9-2-4-12(11(16)6-9)18-21(19,20)13-5-8(7-17)1-3-10(13)15/h1-6,18H,7,17H2. The first-order valence-corrected chi connectivity index (χ1v) is 8.83. The van der Waals surface area contributed by atoms with E-state index in [1.54, 1.807) is 24.3 Å². The fourth-order valence-corrected chi connectivity index (χ4v) is 4.06. The van der Waals surface area contributed by atoms with E-state index in [1.165, 1.54) is 12.1 Å². The number of hydrogen-bond donors (Lipinski definition) is 2. The molecule has 0 aliphatic carbocycles. The molecule has 0 aromatic heterocycles. The van der Waals surface area contributed by atoms with Gasteiger partial charge in [-0.25, -0.2) is 8.42 Å². The molecule has 0 saturated carbocycles. The molecule has 8 heteroatoms. The highest BCUT2D eigenvalue weighted by Gasteiger charge is 2.19. The molecule has 3 N–H and O–H groups in total. The van der Waals surface area contributed by atoms with E-state index in [-0.39, 0.29) is 27.2 Å². The van der Waals surface area contributed by atoms with Gasteiger partial charge in [0.25, 0.3) is 10.0 Å². The predicted octanol–water partition coefficient (Wildman–Crippen LogP) is 4.02. The van der Waals surface area contributed by atoms with Crippen LogP contribution in [0.3, 0.4) is 0 Å². The lowest BCUT2D eigenvalue weighted by Crippen LogP contribution is -2.14. The molecule has 0 aliphatic heterocycles. The number of halogens is 3. The first-order chi connectivity index (χ1) is 9.83. The van der Waals surface area contributed by atoms with Gasteiger partial charge in [0.05, 0.1) is 15.7 Å². The molecule has 0 heterocycles. The summed E-state index contributed by atoms with van der Waals surface area (Å²) in [4.78, 5) is -0.0360. The maximum atomic E-state index is 12.4. The zero-order valence-corrected chi connectivity index (χ0v) is 14.5. The van der Waals surface area contributed by atoms with Crippen molar-refractivity contribution in [3.63, 3.8) is 0 Å². The average Bonchev–Trinajstić information content (AvgIpc) is 2.42. The van der Waals surface area contributed by atoms with Crippen LogP contribution < -0.4 is 10.5 Å². The van der Waals surface area contributed by atoms with Crippen LogP contribution in [0.2, 0.25) is 10.0 Å². The molecule has 2 rings (SSSR count). The molecule has 0 atom stereocenters. The summed E-state index contributed by atoms with van der Waals surface area (Å²) in [7, 11) is -3.85. The van der Waals surface area contributed by atoms with E-state index >= 15 is 0 Å². The monoisotopic (exact) mass is 408 g/mol. The Bertz CT molecular complexity index is 782.